The molecule has 0 aliphatic carbocycles. The first-order chi connectivity index (χ1) is 23.6. The number of aromatic nitrogens is 1. The molecule has 0 saturated carbocycles. The first-order valence-corrected chi connectivity index (χ1v) is 18.7. The minimum absolute atomic E-state index is 0.0639. The van der Waals surface area contributed by atoms with E-state index in [9.17, 15) is 9.59 Å². The fourth-order valence-electron chi connectivity index (χ4n) is 5.75. The van der Waals surface area contributed by atoms with Crippen LogP contribution in [0.4, 0.5) is 0 Å². The van der Waals surface area contributed by atoms with E-state index in [0.29, 0.717) is 44.3 Å². The molecule has 6 rings (SSSR count). The van der Waals surface area contributed by atoms with E-state index in [1.165, 1.54) is 22.1 Å². The second-order valence-corrected chi connectivity index (χ2v) is 15.0. The molecule has 0 saturated heterocycles. The van der Waals surface area contributed by atoms with Crippen LogP contribution >= 0.6 is 56.5 Å². The molecular weight excluding hydrogens is 866 g/mol. The highest BCUT2D eigenvalue weighted by atomic mass is 127. The number of hydrogen-bond donors (Lipinski definition) is 0. The molecule has 0 fully saturated rings. The fourth-order valence-corrected chi connectivity index (χ4v) is 8.92. The molecule has 0 radical (unpaired) electrons. The van der Waals surface area contributed by atoms with Gasteiger partial charge in [0.05, 0.1) is 48.8 Å². The maximum absolute atomic E-state index is 14.2. The second kappa shape index (κ2) is 15.1. The highest BCUT2D eigenvalue weighted by molar-refractivity contribution is 14.1. The number of hydrogen-bond acceptors (Lipinski definition) is 8. The number of fused-ring (bicyclic) bond motifs is 2. The average Bonchev–Trinajstić information content (AvgIpc) is 3.37. The Morgan fingerprint density at radius 1 is 1.00 bits per heavy atom. The molecule has 0 amide bonds. The summed E-state index contributed by atoms with van der Waals surface area (Å²) >= 11 is 5.83. The Kier molecular flexibility index (Phi) is 10.8. The van der Waals surface area contributed by atoms with Crippen molar-refractivity contribution >= 4 is 79.3 Å². The van der Waals surface area contributed by atoms with Gasteiger partial charge in [-0.25, -0.2) is 9.79 Å². The van der Waals surface area contributed by atoms with E-state index < -0.39 is 12.0 Å². The summed E-state index contributed by atoms with van der Waals surface area (Å²) in [5, 5.41) is 2.37. The number of allylic oxidation sites excluding steroid dienone is 1. The van der Waals surface area contributed by atoms with E-state index in [1.807, 2.05) is 50.3 Å². The van der Waals surface area contributed by atoms with Gasteiger partial charge in [-0.1, -0.05) is 53.8 Å². The SMILES string of the molecule is CCOC(=O)C1=C(C)N=c2s/c(=C\c3cc(I)c(OCc4ccc5ccccc5c4)c(I)c3)c(=O)n2[C@H]1c1ccc(OC(C)C)c(OC)c1. The zero-order valence-corrected chi connectivity index (χ0v) is 32.7. The molecule has 1 aromatic heterocycles. The first kappa shape index (κ1) is 35.1. The number of thiazole rings is 1. The third kappa shape index (κ3) is 7.43. The zero-order chi connectivity index (χ0) is 34.8. The Morgan fingerprint density at radius 3 is 2.43 bits per heavy atom. The van der Waals surface area contributed by atoms with Crippen LogP contribution in [0.15, 0.2) is 93.9 Å². The molecule has 252 valence electrons. The zero-order valence-electron chi connectivity index (χ0n) is 27.6. The minimum atomic E-state index is -0.773. The molecule has 2 heterocycles. The Labute approximate surface area is 315 Å². The summed E-state index contributed by atoms with van der Waals surface area (Å²) in [4.78, 5) is 32.8. The lowest BCUT2D eigenvalue weighted by Crippen LogP contribution is -2.40. The van der Waals surface area contributed by atoms with Gasteiger partial charge < -0.3 is 18.9 Å². The predicted octanol–water partition coefficient (Wildman–Crippen LogP) is 7.54. The molecule has 4 aromatic carbocycles. The van der Waals surface area contributed by atoms with Crippen LogP contribution in [0.2, 0.25) is 0 Å². The van der Waals surface area contributed by atoms with E-state index in [4.69, 9.17) is 23.9 Å². The number of ether oxygens (including phenoxy) is 4. The molecule has 0 bridgehead atoms. The number of carbonyl (C=O) groups excluding carboxylic acids is 1. The molecule has 49 heavy (non-hydrogen) atoms. The van der Waals surface area contributed by atoms with Crippen LogP contribution < -0.4 is 29.1 Å². The number of halogens is 2. The number of rotatable bonds is 10. The second-order valence-electron chi connectivity index (χ2n) is 11.7. The van der Waals surface area contributed by atoms with Gasteiger partial charge in [0, 0.05) is 0 Å². The average molecular weight is 901 g/mol. The maximum atomic E-state index is 14.2. The number of benzene rings is 4. The molecular formula is C38H34I2N2O6S. The summed E-state index contributed by atoms with van der Waals surface area (Å²) in [5.41, 5.74) is 3.15. The van der Waals surface area contributed by atoms with Crippen molar-refractivity contribution in [2.24, 2.45) is 4.99 Å². The Balaban J connectivity index is 1.37. The summed E-state index contributed by atoms with van der Waals surface area (Å²) in [6.45, 7) is 8.02. The largest absolute Gasteiger partial charge is 0.493 e. The van der Waals surface area contributed by atoms with Gasteiger partial charge in [-0.05, 0) is 137 Å². The number of carbonyl (C=O) groups is 1. The van der Waals surface area contributed by atoms with Crippen molar-refractivity contribution in [2.75, 3.05) is 13.7 Å². The highest BCUT2D eigenvalue weighted by Gasteiger charge is 2.34. The summed E-state index contributed by atoms with van der Waals surface area (Å²) in [6, 6.07) is 23.3. The normalized spacial score (nSPS) is 14.5. The third-order valence-electron chi connectivity index (χ3n) is 7.90. The summed E-state index contributed by atoms with van der Waals surface area (Å²) < 4.78 is 27.3. The summed E-state index contributed by atoms with van der Waals surface area (Å²) in [5.74, 6) is 1.34. The Hall–Kier alpha value is -3.69. The van der Waals surface area contributed by atoms with Crippen molar-refractivity contribution in [3.05, 3.63) is 128 Å². The fraction of sp³-hybridized carbons (Fsp3) is 0.237. The van der Waals surface area contributed by atoms with Crippen LogP contribution in [0, 0.1) is 7.14 Å². The van der Waals surface area contributed by atoms with Crippen molar-refractivity contribution in [1.82, 2.24) is 4.57 Å². The van der Waals surface area contributed by atoms with Crippen LogP contribution in [0.5, 0.6) is 17.2 Å². The molecule has 0 spiro atoms. The Morgan fingerprint density at radius 2 is 1.73 bits per heavy atom. The van der Waals surface area contributed by atoms with Crippen LogP contribution in [0.1, 0.15) is 50.4 Å². The number of esters is 1. The van der Waals surface area contributed by atoms with Gasteiger partial charge in [-0.15, -0.1) is 0 Å². The lowest BCUT2D eigenvalue weighted by atomic mass is 9.95. The maximum Gasteiger partial charge on any atom is 0.338 e. The van der Waals surface area contributed by atoms with E-state index in [0.717, 1.165) is 24.0 Å². The lowest BCUT2D eigenvalue weighted by molar-refractivity contribution is -0.139. The van der Waals surface area contributed by atoms with E-state index in [2.05, 4.69) is 75.5 Å². The summed E-state index contributed by atoms with van der Waals surface area (Å²) in [6.07, 6.45) is 1.80. The third-order valence-corrected chi connectivity index (χ3v) is 10.5. The van der Waals surface area contributed by atoms with Gasteiger partial charge in [0.2, 0.25) is 0 Å². The van der Waals surface area contributed by atoms with Gasteiger partial charge in [-0.3, -0.25) is 9.36 Å². The van der Waals surface area contributed by atoms with Crippen molar-refractivity contribution < 1.29 is 23.7 Å². The van der Waals surface area contributed by atoms with Crippen molar-refractivity contribution in [3.63, 3.8) is 0 Å². The lowest BCUT2D eigenvalue weighted by Gasteiger charge is -2.25. The van der Waals surface area contributed by atoms with Crippen molar-refractivity contribution in [3.8, 4) is 17.2 Å². The molecule has 8 nitrogen and oxygen atoms in total. The quantitative estimate of drug-likeness (QED) is 0.107. The van der Waals surface area contributed by atoms with E-state index in [-0.39, 0.29) is 18.3 Å². The number of nitrogens with zero attached hydrogens (tertiary/aromatic N) is 2. The monoisotopic (exact) mass is 900 g/mol. The molecule has 0 unspecified atom stereocenters. The van der Waals surface area contributed by atoms with Crippen LogP contribution in [-0.2, 0) is 16.1 Å². The van der Waals surface area contributed by atoms with Crippen LogP contribution in [0.25, 0.3) is 16.8 Å². The standard InChI is InChI=1S/C38H34I2N2O6S/c1-6-46-37(44)33-22(4)41-38-42(34(33)27-13-14-30(48-21(2)3)31(19-27)45-5)36(43)32(49-38)18-24-16-28(39)35(29(40)17-24)47-20-23-11-12-25-9-7-8-10-26(25)15-23/h7-19,21,34H,6,20H2,1-5H3/b32-18-/t34-/m0/s1. The van der Waals surface area contributed by atoms with E-state index >= 15 is 0 Å². The molecule has 11 heteroatoms. The number of methoxy groups -OCH3 is 1. The van der Waals surface area contributed by atoms with Gasteiger partial charge in [0.1, 0.15) is 12.4 Å². The topological polar surface area (TPSA) is 88.4 Å². The van der Waals surface area contributed by atoms with Gasteiger partial charge in [-0.2, -0.15) is 0 Å². The van der Waals surface area contributed by atoms with Crippen molar-refractivity contribution in [2.45, 2.75) is 46.4 Å². The summed E-state index contributed by atoms with van der Waals surface area (Å²) in [7, 11) is 1.56. The highest BCUT2D eigenvalue weighted by Crippen LogP contribution is 2.37. The molecule has 1 atom stereocenters. The molecule has 1 aliphatic heterocycles. The first-order valence-electron chi connectivity index (χ1n) is 15.7. The van der Waals surface area contributed by atoms with Crippen molar-refractivity contribution in [1.29, 1.82) is 0 Å². The molecule has 1 aliphatic rings. The van der Waals surface area contributed by atoms with Crippen LogP contribution in [-0.4, -0.2) is 30.4 Å². The minimum Gasteiger partial charge on any atom is -0.493 e. The predicted molar refractivity (Wildman–Crippen MR) is 209 cm³/mol. The van der Waals surface area contributed by atoms with Gasteiger partial charge in [0.25, 0.3) is 5.56 Å². The van der Waals surface area contributed by atoms with Crippen LogP contribution in [0.3, 0.4) is 0 Å². The Bertz CT molecular complexity index is 2270. The molecule has 0 N–H and O–H groups in total. The van der Waals surface area contributed by atoms with Gasteiger partial charge in [0.15, 0.2) is 16.3 Å². The van der Waals surface area contributed by atoms with E-state index in [1.54, 1.807) is 37.7 Å². The van der Waals surface area contributed by atoms with Gasteiger partial charge >= 0.3 is 5.97 Å². The molecule has 5 aromatic rings. The smallest absolute Gasteiger partial charge is 0.338 e.